The molecule has 2 aromatic carbocycles. The molecule has 3 rings (SSSR count). The second-order valence-corrected chi connectivity index (χ2v) is 7.29. The molecule has 0 aliphatic carbocycles. The molecule has 0 unspecified atom stereocenters. The molecule has 0 aliphatic heterocycles. The van der Waals surface area contributed by atoms with Crippen LogP contribution in [0.4, 0.5) is 0 Å². The SMILES string of the molecule is CCOC(=O)c1c(CSC(=N)N)n(C)c2cc(Cc3ccccc3)ccc12. The summed E-state index contributed by atoms with van der Waals surface area (Å²) in [7, 11) is 1.94. The Hall–Kier alpha value is -2.73. The number of aryl methyl sites for hydroxylation is 1. The van der Waals surface area contributed by atoms with Crippen molar-refractivity contribution in [1.29, 1.82) is 5.41 Å². The maximum atomic E-state index is 12.6. The molecule has 0 radical (unpaired) electrons. The van der Waals surface area contributed by atoms with E-state index in [-0.39, 0.29) is 11.1 Å². The van der Waals surface area contributed by atoms with Crippen LogP contribution < -0.4 is 5.73 Å². The number of carbonyl (C=O) groups excluding carboxylic acids is 1. The minimum atomic E-state index is -0.335. The number of rotatable bonds is 6. The lowest BCUT2D eigenvalue weighted by atomic mass is 10.0. The van der Waals surface area contributed by atoms with Gasteiger partial charge in [0.2, 0.25) is 0 Å². The Morgan fingerprint density at radius 1 is 1.19 bits per heavy atom. The molecule has 0 atom stereocenters. The zero-order valence-corrected chi connectivity index (χ0v) is 16.3. The monoisotopic (exact) mass is 381 g/mol. The Morgan fingerprint density at radius 3 is 2.59 bits per heavy atom. The van der Waals surface area contributed by atoms with Crippen LogP contribution in [-0.2, 0) is 24.0 Å². The van der Waals surface area contributed by atoms with E-state index < -0.39 is 0 Å². The van der Waals surface area contributed by atoms with Gasteiger partial charge >= 0.3 is 5.97 Å². The number of nitrogens with zero attached hydrogens (tertiary/aromatic N) is 1. The predicted molar refractivity (Wildman–Crippen MR) is 111 cm³/mol. The summed E-state index contributed by atoms with van der Waals surface area (Å²) < 4.78 is 7.28. The maximum Gasteiger partial charge on any atom is 0.340 e. The van der Waals surface area contributed by atoms with Gasteiger partial charge < -0.3 is 15.0 Å². The predicted octanol–water partition coefficient (Wildman–Crippen LogP) is 4.07. The van der Waals surface area contributed by atoms with E-state index in [4.69, 9.17) is 15.9 Å². The van der Waals surface area contributed by atoms with Crippen molar-refractivity contribution in [2.24, 2.45) is 12.8 Å². The van der Waals surface area contributed by atoms with Crippen LogP contribution in [0.5, 0.6) is 0 Å². The summed E-state index contributed by atoms with van der Waals surface area (Å²) in [4.78, 5) is 12.6. The van der Waals surface area contributed by atoms with Crippen LogP contribution in [0.1, 0.15) is 34.1 Å². The smallest absolute Gasteiger partial charge is 0.340 e. The average molecular weight is 382 g/mol. The minimum Gasteiger partial charge on any atom is -0.462 e. The molecule has 0 fully saturated rings. The number of ether oxygens (including phenoxy) is 1. The molecule has 0 bridgehead atoms. The van der Waals surface area contributed by atoms with Crippen molar-refractivity contribution in [3.8, 4) is 0 Å². The summed E-state index contributed by atoms with van der Waals surface area (Å²) >= 11 is 1.20. The van der Waals surface area contributed by atoms with Gasteiger partial charge in [-0.15, -0.1) is 0 Å². The third kappa shape index (κ3) is 4.17. The molecule has 3 aromatic rings. The molecule has 0 saturated carbocycles. The van der Waals surface area contributed by atoms with E-state index in [1.807, 2.05) is 35.9 Å². The molecule has 6 heteroatoms. The summed E-state index contributed by atoms with van der Waals surface area (Å²) in [6, 6.07) is 16.4. The molecule has 0 saturated heterocycles. The van der Waals surface area contributed by atoms with E-state index in [0.29, 0.717) is 17.9 Å². The van der Waals surface area contributed by atoms with E-state index >= 15 is 0 Å². The van der Waals surface area contributed by atoms with Crippen LogP contribution in [0.15, 0.2) is 48.5 Å². The fraction of sp³-hybridized carbons (Fsp3) is 0.238. The lowest BCUT2D eigenvalue weighted by Crippen LogP contribution is -2.10. The highest BCUT2D eigenvalue weighted by Gasteiger charge is 2.22. The molecule has 27 heavy (non-hydrogen) atoms. The molecule has 0 amide bonds. The van der Waals surface area contributed by atoms with Crippen molar-refractivity contribution in [3.63, 3.8) is 0 Å². The first-order valence-corrected chi connectivity index (χ1v) is 9.77. The number of amidine groups is 1. The van der Waals surface area contributed by atoms with Gasteiger partial charge in [-0.1, -0.05) is 54.2 Å². The fourth-order valence-electron chi connectivity index (χ4n) is 3.22. The van der Waals surface area contributed by atoms with Crippen molar-refractivity contribution in [3.05, 3.63) is 70.9 Å². The fourth-order valence-corrected chi connectivity index (χ4v) is 3.85. The number of fused-ring (bicyclic) bond motifs is 1. The van der Waals surface area contributed by atoms with E-state index in [1.54, 1.807) is 6.92 Å². The Labute approximate surface area is 163 Å². The number of nitrogens with two attached hydrogens (primary N) is 1. The van der Waals surface area contributed by atoms with Crippen molar-refractivity contribution in [1.82, 2.24) is 4.57 Å². The zero-order chi connectivity index (χ0) is 19.4. The number of hydrogen-bond acceptors (Lipinski definition) is 4. The molecule has 140 valence electrons. The summed E-state index contributed by atoms with van der Waals surface area (Å²) in [5, 5.41) is 8.38. The molecular weight excluding hydrogens is 358 g/mol. The lowest BCUT2D eigenvalue weighted by Gasteiger charge is -2.07. The first-order valence-electron chi connectivity index (χ1n) is 8.79. The molecule has 0 aliphatic rings. The van der Waals surface area contributed by atoms with Crippen LogP contribution in [0, 0.1) is 5.41 Å². The van der Waals surface area contributed by atoms with E-state index in [0.717, 1.165) is 23.0 Å². The standard InChI is InChI=1S/C21H23N3O2S/c1-3-26-20(25)19-16-10-9-15(11-14-7-5-4-6-8-14)12-17(16)24(2)18(19)13-27-21(22)23/h4-10,12H,3,11,13H2,1-2H3,(H3,22,23). The van der Waals surface area contributed by atoms with Gasteiger partial charge in [-0.3, -0.25) is 5.41 Å². The number of thioether (sulfide) groups is 1. The van der Waals surface area contributed by atoms with Gasteiger partial charge in [0.1, 0.15) is 0 Å². The second-order valence-electron chi connectivity index (χ2n) is 6.27. The number of carbonyl (C=O) groups is 1. The van der Waals surface area contributed by atoms with Gasteiger partial charge in [0.05, 0.1) is 12.2 Å². The lowest BCUT2D eigenvalue weighted by molar-refractivity contribution is 0.0527. The van der Waals surface area contributed by atoms with Crippen LogP contribution in [0.25, 0.3) is 10.9 Å². The number of benzene rings is 2. The molecule has 3 N–H and O–H groups in total. The highest BCUT2D eigenvalue weighted by molar-refractivity contribution is 8.13. The Morgan fingerprint density at radius 2 is 1.93 bits per heavy atom. The maximum absolute atomic E-state index is 12.6. The Balaban J connectivity index is 2.06. The second kappa shape index (κ2) is 8.31. The van der Waals surface area contributed by atoms with Gasteiger partial charge in [-0.2, -0.15) is 0 Å². The summed E-state index contributed by atoms with van der Waals surface area (Å²) in [5.74, 6) is 0.112. The Bertz CT molecular complexity index is 980. The van der Waals surface area contributed by atoms with Crippen LogP contribution in [-0.4, -0.2) is 22.3 Å². The summed E-state index contributed by atoms with van der Waals surface area (Å²) in [6.07, 6.45) is 0.828. The minimum absolute atomic E-state index is 0.0276. The topological polar surface area (TPSA) is 81.1 Å². The van der Waals surface area contributed by atoms with Crippen molar-refractivity contribution < 1.29 is 9.53 Å². The van der Waals surface area contributed by atoms with Gasteiger partial charge in [0, 0.05) is 29.4 Å². The van der Waals surface area contributed by atoms with Crippen molar-refractivity contribution in [2.75, 3.05) is 6.61 Å². The highest BCUT2D eigenvalue weighted by Crippen LogP contribution is 2.30. The summed E-state index contributed by atoms with van der Waals surface area (Å²) in [5.41, 5.74) is 10.3. The first-order chi connectivity index (χ1) is 13.0. The first kappa shape index (κ1) is 19.0. The van der Waals surface area contributed by atoms with Gasteiger partial charge in [0.15, 0.2) is 5.17 Å². The highest BCUT2D eigenvalue weighted by atomic mass is 32.2. The quantitative estimate of drug-likeness (QED) is 0.383. The summed E-state index contributed by atoms with van der Waals surface area (Å²) in [6.45, 7) is 2.12. The number of hydrogen-bond donors (Lipinski definition) is 2. The normalized spacial score (nSPS) is 10.9. The molecule has 5 nitrogen and oxygen atoms in total. The number of esters is 1. The van der Waals surface area contributed by atoms with Crippen molar-refractivity contribution >= 4 is 33.8 Å². The largest absolute Gasteiger partial charge is 0.462 e. The molecular formula is C21H23N3O2S. The van der Waals surface area contributed by atoms with Gasteiger partial charge in [-0.25, -0.2) is 4.79 Å². The average Bonchev–Trinajstić information content (AvgIpc) is 2.93. The van der Waals surface area contributed by atoms with E-state index in [1.165, 1.54) is 22.9 Å². The molecule has 1 aromatic heterocycles. The van der Waals surface area contributed by atoms with E-state index in [2.05, 4.69) is 24.3 Å². The van der Waals surface area contributed by atoms with Gasteiger partial charge in [0.25, 0.3) is 0 Å². The van der Waals surface area contributed by atoms with Crippen LogP contribution in [0.3, 0.4) is 0 Å². The van der Waals surface area contributed by atoms with Crippen LogP contribution in [0.2, 0.25) is 0 Å². The molecule has 0 spiro atoms. The Kier molecular flexibility index (Phi) is 5.86. The number of aromatic nitrogens is 1. The van der Waals surface area contributed by atoms with Gasteiger partial charge in [-0.05, 0) is 30.5 Å². The number of nitrogens with one attached hydrogen (secondary N) is 1. The van der Waals surface area contributed by atoms with Crippen molar-refractivity contribution in [2.45, 2.75) is 19.1 Å². The van der Waals surface area contributed by atoms with E-state index in [9.17, 15) is 4.79 Å². The molecule has 1 heterocycles. The van der Waals surface area contributed by atoms with Crippen LogP contribution >= 0.6 is 11.8 Å². The third-order valence-corrected chi connectivity index (χ3v) is 5.21. The zero-order valence-electron chi connectivity index (χ0n) is 15.5. The third-order valence-electron chi connectivity index (χ3n) is 4.48.